The molecule has 0 bridgehead atoms. The zero-order chi connectivity index (χ0) is 10.5. The van der Waals surface area contributed by atoms with Gasteiger partial charge < -0.3 is 0 Å². The molecule has 2 aromatic rings. The molecule has 0 radical (unpaired) electrons. The summed E-state index contributed by atoms with van der Waals surface area (Å²) in [5.74, 6) is 0. The topological polar surface area (TPSA) is 12.9 Å². The lowest BCUT2D eigenvalue weighted by Gasteiger charge is -2.01. The van der Waals surface area contributed by atoms with Crippen molar-refractivity contribution in [1.82, 2.24) is 4.98 Å². The Morgan fingerprint density at radius 1 is 1.27 bits per heavy atom. The van der Waals surface area contributed by atoms with Crippen LogP contribution in [-0.4, -0.2) is 4.98 Å². The first-order chi connectivity index (χ1) is 7.40. The van der Waals surface area contributed by atoms with Crippen LogP contribution >= 0.6 is 0 Å². The third-order valence-electron chi connectivity index (χ3n) is 2.52. The van der Waals surface area contributed by atoms with E-state index in [-0.39, 0.29) is 0 Å². The lowest BCUT2D eigenvalue weighted by atomic mass is 10.1. The monoisotopic (exact) mass is 197 g/mol. The van der Waals surface area contributed by atoms with Crippen LogP contribution in [-0.2, 0) is 6.42 Å². The Balaban J connectivity index is 2.19. The molecule has 1 aromatic heterocycles. The Bertz CT molecular complexity index is 460. The second-order valence-corrected chi connectivity index (χ2v) is 3.72. The average Bonchev–Trinajstić information content (AvgIpc) is 2.29. The molecule has 0 N–H and O–H groups in total. The summed E-state index contributed by atoms with van der Waals surface area (Å²) in [5.41, 5.74) is 2.39. The highest BCUT2D eigenvalue weighted by atomic mass is 14.6. The van der Waals surface area contributed by atoms with Crippen molar-refractivity contribution in [1.29, 1.82) is 0 Å². The fraction of sp³-hybridized carbons (Fsp3) is 0.214. The Labute approximate surface area is 90.5 Å². The van der Waals surface area contributed by atoms with Gasteiger partial charge in [-0.3, -0.25) is 4.98 Å². The zero-order valence-corrected chi connectivity index (χ0v) is 8.82. The van der Waals surface area contributed by atoms with Crippen molar-refractivity contribution in [3.8, 4) is 0 Å². The highest BCUT2D eigenvalue weighted by Crippen LogP contribution is 2.14. The summed E-state index contributed by atoms with van der Waals surface area (Å²) in [6.07, 6.45) is 7.26. The quantitative estimate of drug-likeness (QED) is 0.537. The van der Waals surface area contributed by atoms with E-state index in [4.69, 9.17) is 0 Å². The van der Waals surface area contributed by atoms with Gasteiger partial charge in [-0.15, -0.1) is 6.58 Å². The van der Waals surface area contributed by atoms with Crippen LogP contribution in [0.15, 0.2) is 49.2 Å². The molecule has 0 spiro atoms. The Morgan fingerprint density at radius 2 is 2.13 bits per heavy atom. The lowest BCUT2D eigenvalue weighted by Crippen LogP contribution is -1.87. The van der Waals surface area contributed by atoms with Gasteiger partial charge in [0.1, 0.15) is 0 Å². The predicted octanol–water partition coefficient (Wildman–Crippen LogP) is 3.74. The molecular weight excluding hydrogens is 182 g/mol. The van der Waals surface area contributed by atoms with Gasteiger partial charge in [0.05, 0.1) is 5.52 Å². The second kappa shape index (κ2) is 4.74. The van der Waals surface area contributed by atoms with E-state index in [9.17, 15) is 0 Å². The van der Waals surface area contributed by atoms with E-state index in [0.29, 0.717) is 0 Å². The standard InChI is InChI=1S/C14H15N/c1-2-3-4-7-12-10-13-8-5-6-9-14(13)15-11-12/h2,5-6,8-11H,1,3-4,7H2. The minimum absolute atomic E-state index is 1.07. The number of unbranched alkanes of at least 4 members (excludes halogenated alkanes) is 1. The summed E-state index contributed by atoms with van der Waals surface area (Å²) in [7, 11) is 0. The number of benzene rings is 1. The van der Waals surface area contributed by atoms with Gasteiger partial charge in [0.15, 0.2) is 0 Å². The van der Waals surface area contributed by atoms with Crippen LogP contribution in [0, 0.1) is 0 Å². The highest BCUT2D eigenvalue weighted by Gasteiger charge is 1.96. The SMILES string of the molecule is C=CCCCc1cnc2ccccc2c1. The van der Waals surface area contributed by atoms with E-state index < -0.39 is 0 Å². The van der Waals surface area contributed by atoms with Crippen molar-refractivity contribution in [2.45, 2.75) is 19.3 Å². The fourth-order valence-electron chi connectivity index (χ4n) is 1.70. The number of aromatic nitrogens is 1. The summed E-state index contributed by atoms with van der Waals surface area (Å²) >= 11 is 0. The summed E-state index contributed by atoms with van der Waals surface area (Å²) < 4.78 is 0. The van der Waals surface area contributed by atoms with Gasteiger partial charge in [-0.1, -0.05) is 24.3 Å². The zero-order valence-electron chi connectivity index (χ0n) is 8.82. The van der Waals surface area contributed by atoms with Crippen LogP contribution in [0.4, 0.5) is 0 Å². The smallest absolute Gasteiger partial charge is 0.0702 e. The van der Waals surface area contributed by atoms with Gasteiger partial charge in [-0.25, -0.2) is 0 Å². The molecule has 0 aliphatic carbocycles. The summed E-state index contributed by atoms with van der Waals surface area (Å²) in [4.78, 5) is 4.43. The molecule has 1 heteroatoms. The fourth-order valence-corrected chi connectivity index (χ4v) is 1.70. The largest absolute Gasteiger partial charge is 0.256 e. The van der Waals surface area contributed by atoms with Gasteiger partial charge in [0, 0.05) is 11.6 Å². The Kier molecular flexibility index (Phi) is 3.13. The van der Waals surface area contributed by atoms with E-state index in [2.05, 4.69) is 29.8 Å². The molecule has 0 saturated carbocycles. The maximum Gasteiger partial charge on any atom is 0.0702 e. The molecule has 76 valence electrons. The molecule has 0 aliphatic heterocycles. The molecule has 0 amide bonds. The van der Waals surface area contributed by atoms with Crippen molar-refractivity contribution in [2.75, 3.05) is 0 Å². The second-order valence-electron chi connectivity index (χ2n) is 3.72. The van der Waals surface area contributed by atoms with Crippen LogP contribution in [0.3, 0.4) is 0 Å². The van der Waals surface area contributed by atoms with Gasteiger partial charge in [0.25, 0.3) is 0 Å². The predicted molar refractivity (Wildman–Crippen MR) is 64.9 cm³/mol. The van der Waals surface area contributed by atoms with E-state index in [1.807, 2.05) is 24.4 Å². The van der Waals surface area contributed by atoms with Crippen molar-refractivity contribution in [3.05, 3.63) is 54.7 Å². The van der Waals surface area contributed by atoms with Crippen molar-refractivity contribution in [2.24, 2.45) is 0 Å². The molecule has 0 aliphatic rings. The first-order valence-electron chi connectivity index (χ1n) is 5.35. The number of hydrogen-bond acceptors (Lipinski definition) is 1. The number of nitrogens with zero attached hydrogens (tertiary/aromatic N) is 1. The maximum absolute atomic E-state index is 4.43. The maximum atomic E-state index is 4.43. The van der Waals surface area contributed by atoms with Crippen LogP contribution in [0.25, 0.3) is 10.9 Å². The van der Waals surface area contributed by atoms with E-state index in [1.54, 1.807) is 0 Å². The number of allylic oxidation sites excluding steroid dienone is 1. The van der Waals surface area contributed by atoms with E-state index in [0.717, 1.165) is 24.8 Å². The molecule has 2 rings (SSSR count). The van der Waals surface area contributed by atoms with Crippen molar-refractivity contribution in [3.63, 3.8) is 0 Å². The molecule has 1 heterocycles. The summed E-state index contributed by atoms with van der Waals surface area (Å²) in [6.45, 7) is 3.73. The number of rotatable bonds is 4. The first kappa shape index (κ1) is 9.91. The third-order valence-corrected chi connectivity index (χ3v) is 2.52. The molecule has 1 aromatic carbocycles. The first-order valence-corrected chi connectivity index (χ1v) is 5.35. The molecular formula is C14H15N. The van der Waals surface area contributed by atoms with Gasteiger partial charge in [0.2, 0.25) is 0 Å². The van der Waals surface area contributed by atoms with E-state index in [1.165, 1.54) is 10.9 Å². The number of hydrogen-bond donors (Lipinski definition) is 0. The van der Waals surface area contributed by atoms with Crippen LogP contribution in [0.5, 0.6) is 0 Å². The van der Waals surface area contributed by atoms with Crippen LogP contribution < -0.4 is 0 Å². The Hall–Kier alpha value is -1.63. The van der Waals surface area contributed by atoms with E-state index >= 15 is 0 Å². The van der Waals surface area contributed by atoms with Gasteiger partial charge in [-0.05, 0) is 37.0 Å². The number of para-hydroxylation sites is 1. The number of aryl methyl sites for hydroxylation is 1. The number of pyridine rings is 1. The summed E-state index contributed by atoms with van der Waals surface area (Å²) in [6, 6.07) is 10.5. The molecule has 0 saturated heterocycles. The number of fused-ring (bicyclic) bond motifs is 1. The normalized spacial score (nSPS) is 10.4. The third kappa shape index (κ3) is 2.44. The van der Waals surface area contributed by atoms with Crippen LogP contribution in [0.1, 0.15) is 18.4 Å². The molecule has 0 fully saturated rings. The lowest BCUT2D eigenvalue weighted by molar-refractivity contribution is 0.842. The molecule has 0 atom stereocenters. The van der Waals surface area contributed by atoms with Gasteiger partial charge in [-0.2, -0.15) is 0 Å². The molecule has 15 heavy (non-hydrogen) atoms. The Morgan fingerprint density at radius 3 is 3.00 bits per heavy atom. The minimum Gasteiger partial charge on any atom is -0.256 e. The molecule has 0 unspecified atom stereocenters. The highest BCUT2D eigenvalue weighted by molar-refractivity contribution is 5.78. The molecule has 1 nitrogen and oxygen atoms in total. The van der Waals surface area contributed by atoms with Gasteiger partial charge >= 0.3 is 0 Å². The van der Waals surface area contributed by atoms with Crippen molar-refractivity contribution >= 4 is 10.9 Å². The average molecular weight is 197 g/mol. The van der Waals surface area contributed by atoms with Crippen molar-refractivity contribution < 1.29 is 0 Å². The minimum atomic E-state index is 1.07. The summed E-state index contributed by atoms with van der Waals surface area (Å²) in [5, 5.41) is 1.23. The van der Waals surface area contributed by atoms with Crippen LogP contribution in [0.2, 0.25) is 0 Å².